The Morgan fingerprint density at radius 1 is 1.20 bits per heavy atom. The number of aliphatic hydroxyl groups is 1. The first kappa shape index (κ1) is 23.0. The third-order valence-corrected chi connectivity index (χ3v) is 7.16. The Kier molecular flexibility index (Phi) is 5.39. The summed E-state index contributed by atoms with van der Waals surface area (Å²) in [6.45, 7) is 4.67. The van der Waals surface area contributed by atoms with Gasteiger partial charge in [-0.1, -0.05) is 12.1 Å². The lowest BCUT2D eigenvalue weighted by Gasteiger charge is -2.43. The fourth-order valence-corrected chi connectivity index (χ4v) is 5.26. The van der Waals surface area contributed by atoms with E-state index in [-0.39, 0.29) is 23.6 Å². The van der Waals surface area contributed by atoms with Gasteiger partial charge in [0.1, 0.15) is 11.4 Å². The van der Waals surface area contributed by atoms with Crippen LogP contribution in [-0.4, -0.2) is 62.8 Å². The van der Waals surface area contributed by atoms with Crippen LogP contribution in [0.4, 0.5) is 0 Å². The molecule has 1 fully saturated rings. The number of para-hydroxylation sites is 2. The van der Waals surface area contributed by atoms with E-state index in [0.717, 1.165) is 21.4 Å². The number of benzene rings is 1. The average Bonchev–Trinajstić information content (AvgIpc) is 3.40. The maximum absolute atomic E-state index is 13.1. The Balaban J connectivity index is 1.36. The molecule has 1 saturated heterocycles. The maximum atomic E-state index is 13.1. The summed E-state index contributed by atoms with van der Waals surface area (Å²) in [5.41, 5.74) is 0.221. The number of piperidine rings is 1. The van der Waals surface area contributed by atoms with Crippen molar-refractivity contribution in [1.82, 2.24) is 33.1 Å². The quantitative estimate of drug-likeness (QED) is 0.460. The van der Waals surface area contributed by atoms with Crippen LogP contribution in [0, 0.1) is 6.92 Å². The molecule has 1 aliphatic rings. The second kappa shape index (κ2) is 8.19. The number of rotatable bonds is 4. The first-order valence-corrected chi connectivity index (χ1v) is 11.6. The van der Waals surface area contributed by atoms with Gasteiger partial charge >= 0.3 is 5.69 Å². The predicted molar refractivity (Wildman–Crippen MR) is 130 cm³/mol. The van der Waals surface area contributed by atoms with Gasteiger partial charge in [-0.3, -0.25) is 18.7 Å². The number of β-amino-alcohol motifs (C(OH)–C–C–N with tert-alkyl or cyclic N) is 1. The van der Waals surface area contributed by atoms with Gasteiger partial charge in [0, 0.05) is 33.6 Å². The molecule has 11 nitrogen and oxygen atoms in total. The second-order valence-corrected chi connectivity index (χ2v) is 9.56. The summed E-state index contributed by atoms with van der Waals surface area (Å²) in [7, 11) is 2.98. The number of fused-ring (bicyclic) bond motifs is 2. The summed E-state index contributed by atoms with van der Waals surface area (Å²) >= 11 is 0. The van der Waals surface area contributed by atoms with Gasteiger partial charge in [0.2, 0.25) is 5.91 Å². The van der Waals surface area contributed by atoms with Crippen LogP contribution in [0.1, 0.15) is 31.6 Å². The minimum absolute atomic E-state index is 0.0466. The zero-order chi connectivity index (χ0) is 25.1. The van der Waals surface area contributed by atoms with Crippen molar-refractivity contribution in [2.45, 2.75) is 44.9 Å². The number of hydrogen-bond acceptors (Lipinski definition) is 6. The Bertz CT molecular complexity index is 1570. The molecule has 0 bridgehead atoms. The van der Waals surface area contributed by atoms with E-state index < -0.39 is 22.9 Å². The fraction of sp³-hybridized carbons (Fsp3) is 0.458. The summed E-state index contributed by atoms with van der Waals surface area (Å²) in [5.74, 6) is 0.808. The summed E-state index contributed by atoms with van der Waals surface area (Å²) in [6, 6.07) is 7.37. The highest BCUT2D eigenvalue weighted by Crippen LogP contribution is 2.33. The van der Waals surface area contributed by atoms with Crippen LogP contribution in [0.25, 0.3) is 22.2 Å². The van der Waals surface area contributed by atoms with Gasteiger partial charge in [-0.25, -0.2) is 14.8 Å². The molecule has 0 saturated carbocycles. The highest BCUT2D eigenvalue weighted by atomic mass is 16.3. The molecule has 0 unspecified atom stereocenters. The average molecular weight is 480 g/mol. The van der Waals surface area contributed by atoms with E-state index in [1.807, 2.05) is 35.8 Å². The molecule has 1 N–H and O–H groups in total. The summed E-state index contributed by atoms with van der Waals surface area (Å²) < 4.78 is 6.05. The van der Waals surface area contributed by atoms with Crippen molar-refractivity contribution in [3.63, 3.8) is 0 Å². The van der Waals surface area contributed by atoms with Crippen LogP contribution in [0.5, 0.6) is 0 Å². The molecule has 184 valence electrons. The van der Waals surface area contributed by atoms with Crippen LogP contribution < -0.4 is 11.2 Å². The highest BCUT2D eigenvalue weighted by Gasteiger charge is 2.41. The van der Waals surface area contributed by atoms with E-state index in [9.17, 15) is 19.5 Å². The normalized spacial score (nSPS) is 20.7. The van der Waals surface area contributed by atoms with Gasteiger partial charge in [-0.05, 0) is 32.4 Å². The topological polar surface area (TPSA) is 120 Å². The molecule has 3 aromatic heterocycles. The van der Waals surface area contributed by atoms with Crippen molar-refractivity contribution in [2.24, 2.45) is 14.1 Å². The van der Waals surface area contributed by atoms with Crippen LogP contribution in [0.2, 0.25) is 0 Å². The number of aryl methyl sites for hydroxylation is 3. The molecular formula is C24H29N7O4. The Morgan fingerprint density at radius 2 is 1.94 bits per heavy atom. The lowest BCUT2D eigenvalue weighted by Crippen LogP contribution is -2.54. The Morgan fingerprint density at radius 3 is 2.69 bits per heavy atom. The highest BCUT2D eigenvalue weighted by molar-refractivity contribution is 5.78. The molecule has 2 atom stereocenters. The van der Waals surface area contributed by atoms with Gasteiger partial charge in [-0.2, -0.15) is 0 Å². The molecule has 0 aliphatic carbocycles. The van der Waals surface area contributed by atoms with Crippen LogP contribution in [-0.2, 0) is 25.4 Å². The van der Waals surface area contributed by atoms with Crippen molar-refractivity contribution in [1.29, 1.82) is 0 Å². The summed E-state index contributed by atoms with van der Waals surface area (Å²) in [5, 5.41) is 11.4. The number of carbonyl (C=O) groups is 1. The maximum Gasteiger partial charge on any atom is 0.332 e. The smallest absolute Gasteiger partial charge is 0.332 e. The lowest BCUT2D eigenvalue weighted by atomic mass is 9.88. The first-order valence-electron chi connectivity index (χ1n) is 11.6. The van der Waals surface area contributed by atoms with E-state index in [0.29, 0.717) is 25.9 Å². The molecular weight excluding hydrogens is 450 g/mol. The molecule has 4 heterocycles. The van der Waals surface area contributed by atoms with E-state index in [4.69, 9.17) is 0 Å². The third-order valence-electron chi connectivity index (χ3n) is 7.16. The third kappa shape index (κ3) is 3.66. The molecule has 35 heavy (non-hydrogen) atoms. The molecule has 0 spiro atoms. The summed E-state index contributed by atoms with van der Waals surface area (Å²) in [4.78, 5) is 48.7. The van der Waals surface area contributed by atoms with Crippen molar-refractivity contribution >= 4 is 28.1 Å². The first-order chi connectivity index (χ1) is 16.6. The molecule has 1 aliphatic heterocycles. The Labute approximate surface area is 200 Å². The van der Waals surface area contributed by atoms with Crippen LogP contribution >= 0.6 is 0 Å². The number of aromatic nitrogens is 6. The van der Waals surface area contributed by atoms with E-state index in [1.54, 1.807) is 23.4 Å². The van der Waals surface area contributed by atoms with E-state index in [2.05, 4.69) is 9.97 Å². The van der Waals surface area contributed by atoms with E-state index >= 15 is 0 Å². The molecule has 4 aromatic rings. The molecule has 11 heteroatoms. The van der Waals surface area contributed by atoms with Crippen LogP contribution in [0.15, 0.2) is 40.2 Å². The predicted octanol–water partition coefficient (Wildman–Crippen LogP) is 0.707. The number of amides is 1. The van der Waals surface area contributed by atoms with Gasteiger partial charge in [0.25, 0.3) is 5.56 Å². The minimum Gasteiger partial charge on any atom is -0.386 e. The summed E-state index contributed by atoms with van der Waals surface area (Å²) in [6.07, 6.45) is 2.23. The SMILES string of the molecule is Cc1nc2ccccc2n1CCC(=O)N1CC[C@@H](n2cnc3c2c(=O)n(C)c(=O)n3C)[C@](C)(O)C1. The molecule has 0 radical (unpaired) electrons. The number of carbonyl (C=O) groups excluding carboxylic acids is 1. The minimum atomic E-state index is -1.29. The largest absolute Gasteiger partial charge is 0.386 e. The monoisotopic (exact) mass is 479 g/mol. The Hall–Kier alpha value is -3.73. The van der Waals surface area contributed by atoms with Crippen molar-refractivity contribution in [3.05, 3.63) is 57.3 Å². The second-order valence-electron chi connectivity index (χ2n) is 9.56. The number of hydrogen-bond donors (Lipinski definition) is 1. The van der Waals surface area contributed by atoms with Crippen molar-refractivity contribution < 1.29 is 9.90 Å². The van der Waals surface area contributed by atoms with Crippen molar-refractivity contribution in [2.75, 3.05) is 13.1 Å². The lowest BCUT2D eigenvalue weighted by molar-refractivity contribution is -0.140. The van der Waals surface area contributed by atoms with Gasteiger partial charge in [0.15, 0.2) is 11.2 Å². The number of imidazole rings is 2. The van der Waals surface area contributed by atoms with Crippen molar-refractivity contribution in [3.8, 4) is 0 Å². The standard InChI is InChI=1S/C24H29N7O4/c1-15-26-16-7-5-6-8-17(16)30(15)12-10-19(32)29-11-9-18(24(2,35)13-29)31-14-25-21-20(31)22(33)28(4)23(34)27(21)3/h5-8,14,18,35H,9-13H2,1-4H3/t18-,24-/m1/s1. The van der Waals surface area contributed by atoms with Crippen LogP contribution in [0.3, 0.4) is 0 Å². The zero-order valence-electron chi connectivity index (χ0n) is 20.3. The molecule has 1 amide bonds. The van der Waals surface area contributed by atoms with Gasteiger partial charge in [-0.15, -0.1) is 0 Å². The zero-order valence-corrected chi connectivity index (χ0v) is 20.3. The fourth-order valence-electron chi connectivity index (χ4n) is 5.26. The number of likely N-dealkylation sites (tertiary alicyclic amines) is 1. The molecule has 5 rings (SSSR count). The van der Waals surface area contributed by atoms with Gasteiger partial charge < -0.3 is 19.1 Å². The van der Waals surface area contributed by atoms with E-state index in [1.165, 1.54) is 17.9 Å². The van der Waals surface area contributed by atoms with Gasteiger partial charge in [0.05, 0.1) is 29.9 Å². The number of nitrogens with zero attached hydrogens (tertiary/aromatic N) is 7. The molecule has 1 aromatic carbocycles.